The number of nitrogens with one attached hydrogen (secondary N) is 2. The minimum absolute atomic E-state index is 0.219. The van der Waals surface area contributed by atoms with Gasteiger partial charge < -0.3 is 9.73 Å². The van der Waals surface area contributed by atoms with Crippen LogP contribution in [0.3, 0.4) is 0 Å². The molecule has 1 aliphatic carbocycles. The van der Waals surface area contributed by atoms with Crippen molar-refractivity contribution < 1.29 is 8.81 Å². The Hall–Kier alpha value is -2.11. The molecule has 1 heterocycles. The van der Waals surface area contributed by atoms with Crippen molar-refractivity contribution in [3.63, 3.8) is 0 Å². The highest BCUT2D eigenvalue weighted by molar-refractivity contribution is 6.30. The van der Waals surface area contributed by atoms with Gasteiger partial charge in [0.05, 0.1) is 5.52 Å². The van der Waals surface area contributed by atoms with E-state index in [1.807, 2.05) is 12.1 Å². The summed E-state index contributed by atoms with van der Waals surface area (Å²) < 4.78 is 19.0. The first-order chi connectivity index (χ1) is 13.6. The molecule has 0 radical (unpaired) electrons. The molecule has 6 heteroatoms. The van der Waals surface area contributed by atoms with Crippen LogP contribution in [0.5, 0.6) is 0 Å². The van der Waals surface area contributed by atoms with Crippen LogP contribution in [0.15, 0.2) is 45.6 Å². The van der Waals surface area contributed by atoms with E-state index in [1.165, 1.54) is 11.6 Å². The predicted molar refractivity (Wildman–Crippen MR) is 110 cm³/mol. The van der Waals surface area contributed by atoms with Gasteiger partial charge in [0.1, 0.15) is 5.82 Å². The largest absolute Gasteiger partial charge is 0.417 e. The quantitative estimate of drug-likeness (QED) is 0.560. The highest BCUT2D eigenvalue weighted by atomic mass is 35.5. The van der Waals surface area contributed by atoms with E-state index in [0.29, 0.717) is 29.0 Å². The molecular formula is C22H24ClFN2O2. The lowest BCUT2D eigenvalue weighted by Gasteiger charge is -2.29. The van der Waals surface area contributed by atoms with Crippen molar-refractivity contribution in [1.82, 2.24) is 10.3 Å². The number of oxazole rings is 1. The number of hydrogen-bond acceptors (Lipinski definition) is 3. The Labute approximate surface area is 168 Å². The van der Waals surface area contributed by atoms with Gasteiger partial charge in [-0.1, -0.05) is 23.7 Å². The summed E-state index contributed by atoms with van der Waals surface area (Å²) in [6, 6.07) is 11.4. The molecular weight excluding hydrogens is 379 g/mol. The fourth-order valence-corrected chi connectivity index (χ4v) is 4.32. The maximum atomic E-state index is 13.8. The summed E-state index contributed by atoms with van der Waals surface area (Å²) in [7, 11) is 0. The van der Waals surface area contributed by atoms with E-state index in [4.69, 9.17) is 16.0 Å². The molecule has 1 saturated carbocycles. The minimum atomic E-state index is -0.404. The number of H-pyrrole nitrogens is 1. The molecule has 0 saturated heterocycles. The molecule has 0 amide bonds. The molecule has 2 aromatic carbocycles. The molecule has 2 N–H and O–H groups in total. The Bertz CT molecular complexity index is 1010. The van der Waals surface area contributed by atoms with E-state index in [-0.39, 0.29) is 5.82 Å². The number of aryl methyl sites for hydroxylation is 1. The third kappa shape index (κ3) is 4.47. The molecule has 1 aromatic heterocycles. The van der Waals surface area contributed by atoms with Crippen molar-refractivity contribution in [2.45, 2.75) is 50.5 Å². The Balaban J connectivity index is 1.23. The van der Waals surface area contributed by atoms with Crippen LogP contribution in [0.4, 0.5) is 4.39 Å². The van der Waals surface area contributed by atoms with Gasteiger partial charge in [-0.3, -0.25) is 4.98 Å². The molecule has 0 aliphatic heterocycles. The number of rotatable bonds is 6. The highest BCUT2D eigenvalue weighted by Crippen LogP contribution is 2.34. The van der Waals surface area contributed by atoms with Crippen molar-refractivity contribution >= 4 is 22.7 Å². The van der Waals surface area contributed by atoms with E-state index in [9.17, 15) is 9.18 Å². The summed E-state index contributed by atoms with van der Waals surface area (Å²) in [5.74, 6) is -0.118. The second-order valence-corrected chi connectivity index (χ2v) is 8.05. The van der Waals surface area contributed by atoms with Crippen molar-refractivity contribution in [3.8, 4) is 0 Å². The molecule has 1 fully saturated rings. The first-order valence-electron chi connectivity index (χ1n) is 9.88. The number of benzene rings is 2. The monoisotopic (exact) mass is 402 g/mol. The van der Waals surface area contributed by atoms with E-state index in [2.05, 4.69) is 16.4 Å². The summed E-state index contributed by atoms with van der Waals surface area (Å²) in [5.41, 5.74) is 3.35. The Morgan fingerprint density at radius 3 is 2.75 bits per heavy atom. The van der Waals surface area contributed by atoms with Crippen LogP contribution in [-0.4, -0.2) is 17.6 Å². The van der Waals surface area contributed by atoms with Gasteiger partial charge in [0.25, 0.3) is 0 Å². The number of fused-ring (bicyclic) bond motifs is 1. The predicted octanol–water partition coefficient (Wildman–Crippen LogP) is 5.16. The normalized spacial score (nSPS) is 19.9. The van der Waals surface area contributed by atoms with Crippen molar-refractivity contribution in [2.24, 2.45) is 0 Å². The standard InChI is InChI=1S/C22H24ClFN2O2/c23-17-7-3-15(19(24)13-17)2-1-11-25-18-8-4-14(5-9-18)16-6-10-20-21(12-16)28-22(27)26-20/h3,6-7,10,12-14,18,25H,1-2,4-5,8-9,11H2,(H,26,27). The summed E-state index contributed by atoms with van der Waals surface area (Å²) in [4.78, 5) is 14.0. The van der Waals surface area contributed by atoms with E-state index >= 15 is 0 Å². The molecule has 0 unspecified atom stereocenters. The zero-order valence-electron chi connectivity index (χ0n) is 15.6. The van der Waals surface area contributed by atoms with Gasteiger partial charge in [-0.15, -0.1) is 0 Å². The number of aromatic nitrogens is 1. The van der Waals surface area contributed by atoms with Gasteiger partial charge in [-0.25, -0.2) is 9.18 Å². The molecule has 3 aromatic rings. The third-order valence-electron chi connectivity index (χ3n) is 5.71. The molecule has 0 atom stereocenters. The first kappa shape index (κ1) is 19.2. The average Bonchev–Trinajstić information content (AvgIpc) is 3.06. The molecule has 28 heavy (non-hydrogen) atoms. The highest BCUT2D eigenvalue weighted by Gasteiger charge is 2.22. The van der Waals surface area contributed by atoms with Gasteiger partial charge in [0.2, 0.25) is 0 Å². The molecule has 1 aliphatic rings. The van der Waals surface area contributed by atoms with E-state index in [1.54, 1.807) is 12.1 Å². The number of hydrogen-bond donors (Lipinski definition) is 2. The van der Waals surface area contributed by atoms with Crippen LogP contribution in [0, 0.1) is 5.82 Å². The zero-order chi connectivity index (χ0) is 19.5. The fourth-order valence-electron chi connectivity index (χ4n) is 4.16. The third-order valence-corrected chi connectivity index (χ3v) is 5.95. The second-order valence-electron chi connectivity index (χ2n) is 7.61. The van der Waals surface area contributed by atoms with Gasteiger partial charge in [-0.05, 0) is 86.4 Å². The van der Waals surface area contributed by atoms with Crippen LogP contribution in [0.2, 0.25) is 5.02 Å². The van der Waals surface area contributed by atoms with Crippen molar-refractivity contribution in [1.29, 1.82) is 0 Å². The Morgan fingerprint density at radius 1 is 1.14 bits per heavy atom. The van der Waals surface area contributed by atoms with Gasteiger partial charge in [-0.2, -0.15) is 0 Å². The lowest BCUT2D eigenvalue weighted by molar-refractivity contribution is 0.342. The maximum Gasteiger partial charge on any atom is 0.417 e. The van der Waals surface area contributed by atoms with Crippen LogP contribution in [0.25, 0.3) is 11.1 Å². The SMILES string of the molecule is O=c1[nH]c2ccc(C3CCC(NCCCc4ccc(Cl)cc4F)CC3)cc2o1. The van der Waals surface area contributed by atoms with Crippen molar-refractivity contribution in [3.05, 3.63) is 68.9 Å². The summed E-state index contributed by atoms with van der Waals surface area (Å²) in [5, 5.41) is 4.05. The zero-order valence-corrected chi connectivity index (χ0v) is 16.4. The van der Waals surface area contributed by atoms with Crippen LogP contribution in [-0.2, 0) is 6.42 Å². The van der Waals surface area contributed by atoms with Crippen LogP contribution >= 0.6 is 11.6 Å². The van der Waals surface area contributed by atoms with Crippen molar-refractivity contribution in [2.75, 3.05) is 6.54 Å². The molecule has 0 spiro atoms. The smallest absolute Gasteiger partial charge is 0.408 e. The lowest BCUT2D eigenvalue weighted by Crippen LogP contribution is -2.33. The van der Waals surface area contributed by atoms with Gasteiger partial charge in [0, 0.05) is 11.1 Å². The molecule has 4 nitrogen and oxygen atoms in total. The van der Waals surface area contributed by atoms with Gasteiger partial charge >= 0.3 is 5.76 Å². The lowest BCUT2D eigenvalue weighted by atomic mass is 9.81. The Kier molecular flexibility index (Phi) is 5.83. The first-order valence-corrected chi connectivity index (χ1v) is 10.3. The number of halogens is 2. The summed E-state index contributed by atoms with van der Waals surface area (Å²) >= 11 is 5.79. The van der Waals surface area contributed by atoms with Crippen LogP contribution in [0.1, 0.15) is 49.1 Å². The number of aromatic amines is 1. The second kappa shape index (κ2) is 8.50. The minimum Gasteiger partial charge on any atom is -0.408 e. The molecule has 148 valence electrons. The molecule has 4 rings (SSSR count). The van der Waals surface area contributed by atoms with Gasteiger partial charge in [0.15, 0.2) is 5.58 Å². The molecule has 0 bridgehead atoms. The Morgan fingerprint density at radius 2 is 1.96 bits per heavy atom. The summed E-state index contributed by atoms with van der Waals surface area (Å²) in [6.07, 6.45) is 6.09. The van der Waals surface area contributed by atoms with E-state index in [0.717, 1.165) is 49.7 Å². The van der Waals surface area contributed by atoms with E-state index < -0.39 is 5.76 Å². The maximum absolute atomic E-state index is 13.8. The van der Waals surface area contributed by atoms with Crippen LogP contribution < -0.4 is 11.1 Å². The average molecular weight is 403 g/mol. The summed E-state index contributed by atoms with van der Waals surface area (Å²) in [6.45, 7) is 0.887. The fraction of sp³-hybridized carbons (Fsp3) is 0.409. The topological polar surface area (TPSA) is 58.0 Å².